The number of rotatable bonds is 10. The molecule has 0 unspecified atom stereocenters. The molecular formula is C34H24ClN3O7S. The maximum atomic E-state index is 13.1. The molecule has 0 spiro atoms. The number of nitrogens with zero attached hydrogens (tertiary/aromatic N) is 1. The van der Waals surface area contributed by atoms with Crippen molar-refractivity contribution >= 4 is 51.4 Å². The van der Waals surface area contributed by atoms with Gasteiger partial charge in [0.25, 0.3) is 15.9 Å². The number of hydrazone groups is 1. The second kappa shape index (κ2) is 14.3. The van der Waals surface area contributed by atoms with Crippen molar-refractivity contribution in [2.24, 2.45) is 5.10 Å². The quantitative estimate of drug-likeness (QED) is 0.0775. The lowest BCUT2D eigenvalue weighted by atomic mass is 10.2. The second-order valence-electron chi connectivity index (χ2n) is 9.51. The second-order valence-corrected chi connectivity index (χ2v) is 11.6. The fourth-order valence-corrected chi connectivity index (χ4v) is 5.26. The van der Waals surface area contributed by atoms with Crippen molar-refractivity contribution in [3.05, 3.63) is 155 Å². The third-order valence-electron chi connectivity index (χ3n) is 6.33. The zero-order chi connectivity index (χ0) is 32.5. The summed E-state index contributed by atoms with van der Waals surface area (Å²) in [7, 11) is -4.03. The fourth-order valence-electron chi connectivity index (χ4n) is 4.05. The molecular weight excluding hydrogens is 630 g/mol. The molecule has 5 aromatic rings. The standard InChI is InChI=1S/C34H24ClN3O7S/c35-26-16-19-28(20-17-26)46(42,43)38-30-14-8-7-13-29(30)32(39)37-36-22-25-15-18-27(44-33(40)23-9-3-1-4-10-23)21-31(25)45-34(41)24-11-5-2-6-12-24/h1-22,38H,(H,37,39). The van der Waals surface area contributed by atoms with Crippen molar-refractivity contribution in [3.8, 4) is 11.5 Å². The number of para-hydroxylation sites is 1. The molecule has 0 radical (unpaired) electrons. The van der Waals surface area contributed by atoms with Crippen molar-refractivity contribution in [2.75, 3.05) is 4.72 Å². The summed E-state index contributed by atoms with van der Waals surface area (Å²) in [6.07, 6.45) is 1.23. The minimum Gasteiger partial charge on any atom is -0.423 e. The van der Waals surface area contributed by atoms with Crippen LogP contribution in [-0.4, -0.2) is 32.5 Å². The van der Waals surface area contributed by atoms with Gasteiger partial charge < -0.3 is 9.47 Å². The Morgan fingerprint density at radius 3 is 1.93 bits per heavy atom. The van der Waals surface area contributed by atoms with E-state index in [-0.39, 0.29) is 38.8 Å². The number of esters is 2. The molecule has 0 saturated carbocycles. The molecule has 5 aromatic carbocycles. The molecule has 0 aliphatic heterocycles. The Labute approximate surface area is 269 Å². The predicted molar refractivity (Wildman–Crippen MR) is 173 cm³/mol. The molecule has 0 aliphatic carbocycles. The monoisotopic (exact) mass is 653 g/mol. The van der Waals surface area contributed by atoms with Gasteiger partial charge in [-0.1, -0.05) is 60.1 Å². The van der Waals surface area contributed by atoms with E-state index in [0.29, 0.717) is 10.6 Å². The summed E-state index contributed by atoms with van der Waals surface area (Å²) in [5.74, 6) is -1.90. The largest absolute Gasteiger partial charge is 0.423 e. The minimum atomic E-state index is -4.03. The van der Waals surface area contributed by atoms with Crippen LogP contribution in [-0.2, 0) is 10.0 Å². The highest BCUT2D eigenvalue weighted by Gasteiger charge is 2.19. The molecule has 0 atom stereocenters. The number of carbonyl (C=O) groups excluding carboxylic acids is 3. The maximum Gasteiger partial charge on any atom is 0.343 e. The van der Waals surface area contributed by atoms with Gasteiger partial charge in [0.15, 0.2) is 0 Å². The van der Waals surface area contributed by atoms with Crippen LogP contribution in [0, 0.1) is 0 Å². The van der Waals surface area contributed by atoms with Crippen LogP contribution in [0.1, 0.15) is 36.6 Å². The highest BCUT2D eigenvalue weighted by Crippen LogP contribution is 2.26. The summed E-state index contributed by atoms with van der Waals surface area (Å²) >= 11 is 5.87. The van der Waals surface area contributed by atoms with E-state index in [0.717, 1.165) is 0 Å². The molecule has 230 valence electrons. The fraction of sp³-hybridized carbons (Fsp3) is 0. The Morgan fingerprint density at radius 1 is 0.696 bits per heavy atom. The van der Waals surface area contributed by atoms with Gasteiger partial charge >= 0.3 is 11.9 Å². The number of halogens is 1. The number of ether oxygens (including phenoxy) is 2. The molecule has 1 amide bonds. The van der Waals surface area contributed by atoms with E-state index in [4.69, 9.17) is 21.1 Å². The van der Waals surface area contributed by atoms with Gasteiger partial charge in [0.1, 0.15) is 11.5 Å². The van der Waals surface area contributed by atoms with E-state index >= 15 is 0 Å². The first-order valence-electron chi connectivity index (χ1n) is 13.6. The van der Waals surface area contributed by atoms with Crippen LogP contribution in [0.3, 0.4) is 0 Å². The first-order valence-corrected chi connectivity index (χ1v) is 15.4. The smallest absolute Gasteiger partial charge is 0.343 e. The van der Waals surface area contributed by atoms with Crippen LogP contribution in [0.15, 0.2) is 137 Å². The topological polar surface area (TPSA) is 140 Å². The minimum absolute atomic E-state index is 0.00124. The molecule has 0 bridgehead atoms. The molecule has 2 N–H and O–H groups in total. The number of carbonyl (C=O) groups is 3. The molecule has 0 fully saturated rings. The van der Waals surface area contributed by atoms with E-state index in [1.165, 1.54) is 60.8 Å². The molecule has 0 saturated heterocycles. The van der Waals surface area contributed by atoms with Gasteiger partial charge in [-0.3, -0.25) is 9.52 Å². The average molecular weight is 654 g/mol. The lowest BCUT2D eigenvalue weighted by molar-refractivity contribution is 0.0731. The summed E-state index contributed by atoms with van der Waals surface area (Å²) in [6.45, 7) is 0. The van der Waals surface area contributed by atoms with Crippen molar-refractivity contribution in [1.29, 1.82) is 0 Å². The molecule has 10 nitrogen and oxygen atoms in total. The highest BCUT2D eigenvalue weighted by molar-refractivity contribution is 7.92. The summed E-state index contributed by atoms with van der Waals surface area (Å²) in [6, 6.07) is 32.5. The van der Waals surface area contributed by atoms with Gasteiger partial charge in [0.05, 0.1) is 33.5 Å². The number of amides is 1. The van der Waals surface area contributed by atoms with Crippen molar-refractivity contribution < 1.29 is 32.3 Å². The Balaban J connectivity index is 1.35. The van der Waals surface area contributed by atoms with E-state index in [1.54, 1.807) is 72.8 Å². The zero-order valence-electron chi connectivity index (χ0n) is 23.8. The van der Waals surface area contributed by atoms with Crippen LogP contribution >= 0.6 is 11.6 Å². The van der Waals surface area contributed by atoms with Crippen LogP contribution in [0.25, 0.3) is 0 Å². The Morgan fingerprint density at radius 2 is 1.28 bits per heavy atom. The van der Waals surface area contributed by atoms with Gasteiger partial charge in [-0.25, -0.2) is 23.4 Å². The third-order valence-corrected chi connectivity index (χ3v) is 7.96. The van der Waals surface area contributed by atoms with E-state index in [2.05, 4.69) is 15.2 Å². The summed E-state index contributed by atoms with van der Waals surface area (Å²) in [5.41, 5.74) is 3.24. The average Bonchev–Trinajstić information content (AvgIpc) is 3.06. The van der Waals surface area contributed by atoms with Crippen molar-refractivity contribution in [3.63, 3.8) is 0 Å². The Hall–Kier alpha value is -5.78. The molecule has 12 heteroatoms. The lowest BCUT2D eigenvalue weighted by Gasteiger charge is -2.12. The van der Waals surface area contributed by atoms with E-state index in [9.17, 15) is 22.8 Å². The van der Waals surface area contributed by atoms with Crippen molar-refractivity contribution in [2.45, 2.75) is 4.90 Å². The molecule has 46 heavy (non-hydrogen) atoms. The number of anilines is 1. The number of sulfonamides is 1. The van der Waals surface area contributed by atoms with Crippen LogP contribution in [0.4, 0.5) is 5.69 Å². The lowest BCUT2D eigenvalue weighted by Crippen LogP contribution is -2.21. The summed E-state index contributed by atoms with van der Waals surface area (Å²) < 4.78 is 39.3. The summed E-state index contributed by atoms with van der Waals surface area (Å²) in [4.78, 5) is 38.5. The molecule has 0 aliphatic rings. The first-order chi connectivity index (χ1) is 22.2. The van der Waals surface area contributed by atoms with Crippen LogP contribution < -0.4 is 19.6 Å². The molecule has 0 aromatic heterocycles. The van der Waals surface area contributed by atoms with Crippen molar-refractivity contribution in [1.82, 2.24) is 5.43 Å². The first kappa shape index (κ1) is 31.6. The van der Waals surface area contributed by atoms with Gasteiger partial charge in [-0.05, 0) is 72.8 Å². The highest BCUT2D eigenvalue weighted by atomic mass is 35.5. The normalized spacial score (nSPS) is 11.1. The van der Waals surface area contributed by atoms with Gasteiger partial charge in [-0.2, -0.15) is 5.10 Å². The third kappa shape index (κ3) is 8.03. The van der Waals surface area contributed by atoms with E-state index < -0.39 is 27.9 Å². The Bertz CT molecular complexity index is 2020. The number of hydrogen-bond acceptors (Lipinski definition) is 8. The van der Waals surface area contributed by atoms with Gasteiger partial charge in [0, 0.05) is 16.7 Å². The maximum absolute atomic E-state index is 13.1. The summed E-state index contributed by atoms with van der Waals surface area (Å²) in [5, 5.41) is 4.36. The van der Waals surface area contributed by atoms with Gasteiger partial charge in [-0.15, -0.1) is 0 Å². The number of benzene rings is 5. The molecule has 0 heterocycles. The van der Waals surface area contributed by atoms with Crippen LogP contribution in [0.2, 0.25) is 5.02 Å². The Kier molecular flexibility index (Phi) is 9.86. The van der Waals surface area contributed by atoms with E-state index in [1.807, 2.05) is 0 Å². The van der Waals surface area contributed by atoms with Crippen LogP contribution in [0.5, 0.6) is 11.5 Å². The zero-order valence-corrected chi connectivity index (χ0v) is 25.4. The molecule has 5 rings (SSSR count). The predicted octanol–water partition coefficient (Wildman–Crippen LogP) is 6.34. The number of nitrogens with one attached hydrogen (secondary N) is 2. The SMILES string of the molecule is O=C(Oc1ccc(C=NNC(=O)c2ccccc2NS(=O)(=O)c2ccc(Cl)cc2)c(OC(=O)c2ccccc2)c1)c1ccccc1. The van der Waals surface area contributed by atoms with Gasteiger partial charge in [0.2, 0.25) is 0 Å². The number of hydrogen-bond donors (Lipinski definition) is 2.